The normalized spacial score (nSPS) is 13.1. The molecule has 0 aliphatic rings. The number of aryl methyl sites for hydroxylation is 2. The van der Waals surface area contributed by atoms with E-state index >= 15 is 0 Å². The van der Waals surface area contributed by atoms with Gasteiger partial charge in [-0.2, -0.15) is 5.10 Å². The average Bonchev–Trinajstić information content (AvgIpc) is 2.57. The minimum atomic E-state index is 0.671. The van der Waals surface area contributed by atoms with Crippen molar-refractivity contribution in [3.05, 3.63) is 17.5 Å². The molecule has 1 N–H and O–H groups in total. The maximum absolute atomic E-state index is 4.46. The van der Waals surface area contributed by atoms with Crippen LogP contribution in [0.15, 0.2) is 6.07 Å². The van der Waals surface area contributed by atoms with E-state index in [0.717, 1.165) is 25.9 Å². The molecule has 1 aromatic rings. The van der Waals surface area contributed by atoms with Gasteiger partial charge in [-0.25, -0.2) is 0 Å². The summed E-state index contributed by atoms with van der Waals surface area (Å²) in [6.07, 6.45) is 2.13. The van der Waals surface area contributed by atoms with Crippen LogP contribution < -0.4 is 5.32 Å². The fourth-order valence-corrected chi connectivity index (χ4v) is 1.76. The third kappa shape index (κ3) is 3.67. The van der Waals surface area contributed by atoms with Crippen molar-refractivity contribution in [1.29, 1.82) is 0 Å². The van der Waals surface area contributed by atoms with E-state index < -0.39 is 0 Å². The smallest absolute Gasteiger partial charge is 0.0624 e. The number of nitrogens with zero attached hydrogens (tertiary/aromatic N) is 2. The second-order valence-corrected chi connectivity index (χ2v) is 4.22. The monoisotopic (exact) mass is 209 g/mol. The maximum Gasteiger partial charge on any atom is 0.0624 e. The lowest BCUT2D eigenvalue weighted by Crippen LogP contribution is -2.22. The second-order valence-electron chi connectivity index (χ2n) is 4.22. The maximum atomic E-state index is 4.46. The van der Waals surface area contributed by atoms with Crippen LogP contribution in [0.5, 0.6) is 0 Å². The number of hydrogen-bond donors (Lipinski definition) is 1. The largest absolute Gasteiger partial charge is 0.317 e. The molecule has 1 aromatic heterocycles. The molecule has 0 saturated heterocycles. The van der Waals surface area contributed by atoms with Crippen LogP contribution in [0.2, 0.25) is 0 Å². The van der Waals surface area contributed by atoms with Crippen LogP contribution in [0, 0.1) is 5.92 Å². The molecule has 86 valence electrons. The van der Waals surface area contributed by atoms with Crippen LogP contribution in [0.3, 0.4) is 0 Å². The van der Waals surface area contributed by atoms with Gasteiger partial charge in [-0.05, 0) is 37.9 Å². The van der Waals surface area contributed by atoms with E-state index in [1.54, 1.807) is 0 Å². The average molecular weight is 209 g/mol. The van der Waals surface area contributed by atoms with Gasteiger partial charge in [0.05, 0.1) is 5.69 Å². The van der Waals surface area contributed by atoms with Crippen molar-refractivity contribution in [3.8, 4) is 0 Å². The molecule has 1 atom stereocenters. The van der Waals surface area contributed by atoms with Gasteiger partial charge in [0.2, 0.25) is 0 Å². The lowest BCUT2D eigenvalue weighted by Gasteiger charge is -2.11. The zero-order valence-corrected chi connectivity index (χ0v) is 10.4. The lowest BCUT2D eigenvalue weighted by molar-refractivity contribution is 0.503. The molecular weight excluding hydrogens is 186 g/mol. The minimum absolute atomic E-state index is 0.671. The molecule has 0 bridgehead atoms. The van der Waals surface area contributed by atoms with Crippen LogP contribution in [0.1, 0.15) is 32.2 Å². The van der Waals surface area contributed by atoms with E-state index in [-0.39, 0.29) is 0 Å². The fourth-order valence-electron chi connectivity index (χ4n) is 1.76. The van der Waals surface area contributed by atoms with Crippen molar-refractivity contribution >= 4 is 0 Å². The van der Waals surface area contributed by atoms with Crippen molar-refractivity contribution in [3.63, 3.8) is 0 Å². The Morgan fingerprint density at radius 1 is 1.47 bits per heavy atom. The molecule has 0 saturated carbocycles. The molecule has 1 heterocycles. The van der Waals surface area contributed by atoms with Gasteiger partial charge in [-0.3, -0.25) is 4.68 Å². The molecule has 0 aromatic carbocycles. The summed E-state index contributed by atoms with van der Waals surface area (Å²) in [4.78, 5) is 0. The third-order valence-corrected chi connectivity index (χ3v) is 2.69. The summed E-state index contributed by atoms with van der Waals surface area (Å²) in [5.74, 6) is 0.671. The topological polar surface area (TPSA) is 29.9 Å². The van der Waals surface area contributed by atoms with E-state index in [4.69, 9.17) is 0 Å². The molecule has 0 spiro atoms. The Balaban J connectivity index is 2.51. The van der Waals surface area contributed by atoms with Crippen LogP contribution in [-0.4, -0.2) is 22.9 Å². The highest BCUT2D eigenvalue weighted by molar-refractivity contribution is 5.10. The van der Waals surface area contributed by atoms with Crippen molar-refractivity contribution in [1.82, 2.24) is 15.1 Å². The summed E-state index contributed by atoms with van der Waals surface area (Å²) in [7, 11) is 2.04. The Labute approximate surface area is 92.9 Å². The van der Waals surface area contributed by atoms with Gasteiger partial charge in [0.25, 0.3) is 0 Å². The first kappa shape index (κ1) is 12.2. The van der Waals surface area contributed by atoms with Crippen molar-refractivity contribution in [2.45, 2.75) is 33.6 Å². The fraction of sp³-hybridized carbons (Fsp3) is 0.750. The number of hydrogen-bond acceptors (Lipinski definition) is 2. The van der Waals surface area contributed by atoms with E-state index in [2.05, 4.69) is 37.3 Å². The van der Waals surface area contributed by atoms with Gasteiger partial charge in [0.15, 0.2) is 0 Å². The Morgan fingerprint density at radius 2 is 2.20 bits per heavy atom. The number of aromatic nitrogens is 2. The predicted octanol–water partition coefficient (Wildman–Crippen LogP) is 1.77. The van der Waals surface area contributed by atoms with Crippen LogP contribution in [0.25, 0.3) is 0 Å². The summed E-state index contributed by atoms with van der Waals surface area (Å²) in [5, 5.41) is 7.84. The van der Waals surface area contributed by atoms with E-state index in [1.807, 2.05) is 11.7 Å². The Hall–Kier alpha value is -0.830. The van der Waals surface area contributed by atoms with E-state index in [0.29, 0.717) is 5.92 Å². The summed E-state index contributed by atoms with van der Waals surface area (Å²) in [6, 6.07) is 2.22. The molecule has 15 heavy (non-hydrogen) atoms. The molecule has 0 aliphatic heterocycles. The zero-order valence-electron chi connectivity index (χ0n) is 10.4. The Bertz CT molecular complexity index is 291. The molecule has 0 radical (unpaired) electrons. The molecule has 0 amide bonds. The first-order chi connectivity index (χ1) is 7.17. The van der Waals surface area contributed by atoms with Gasteiger partial charge in [-0.15, -0.1) is 0 Å². The summed E-state index contributed by atoms with van der Waals surface area (Å²) in [5.41, 5.74) is 2.54. The van der Waals surface area contributed by atoms with Crippen LogP contribution >= 0.6 is 0 Å². The van der Waals surface area contributed by atoms with Crippen LogP contribution in [0.4, 0.5) is 0 Å². The first-order valence-electron chi connectivity index (χ1n) is 5.89. The molecular formula is C12H23N3. The highest BCUT2D eigenvalue weighted by Crippen LogP contribution is 2.09. The van der Waals surface area contributed by atoms with Gasteiger partial charge >= 0.3 is 0 Å². The summed E-state index contributed by atoms with van der Waals surface area (Å²) < 4.78 is 2.02. The predicted molar refractivity (Wildman–Crippen MR) is 64.0 cm³/mol. The van der Waals surface area contributed by atoms with E-state index in [9.17, 15) is 0 Å². The molecule has 3 heteroatoms. The lowest BCUT2D eigenvalue weighted by atomic mass is 10.1. The minimum Gasteiger partial charge on any atom is -0.317 e. The molecule has 1 unspecified atom stereocenters. The highest BCUT2D eigenvalue weighted by Gasteiger charge is 2.08. The quantitative estimate of drug-likeness (QED) is 0.774. The SMILES string of the molecule is CCNCC(C)Cc1cc(CC)nn1C. The molecule has 0 aliphatic carbocycles. The Morgan fingerprint density at radius 3 is 2.73 bits per heavy atom. The van der Waals surface area contributed by atoms with Crippen molar-refractivity contribution in [2.24, 2.45) is 13.0 Å². The highest BCUT2D eigenvalue weighted by atomic mass is 15.3. The first-order valence-corrected chi connectivity index (χ1v) is 5.89. The van der Waals surface area contributed by atoms with Crippen molar-refractivity contribution in [2.75, 3.05) is 13.1 Å². The van der Waals surface area contributed by atoms with Gasteiger partial charge < -0.3 is 5.32 Å². The number of rotatable bonds is 6. The standard InChI is InChI=1S/C12H23N3/c1-5-11-8-12(15(4)14-11)7-10(3)9-13-6-2/h8,10,13H,5-7,9H2,1-4H3. The van der Waals surface area contributed by atoms with Crippen molar-refractivity contribution < 1.29 is 0 Å². The molecule has 3 nitrogen and oxygen atoms in total. The zero-order chi connectivity index (χ0) is 11.3. The van der Waals surface area contributed by atoms with Gasteiger partial charge in [-0.1, -0.05) is 20.8 Å². The molecule has 1 rings (SSSR count). The number of nitrogens with one attached hydrogen (secondary N) is 1. The summed E-state index contributed by atoms with van der Waals surface area (Å²) >= 11 is 0. The van der Waals surface area contributed by atoms with Gasteiger partial charge in [0, 0.05) is 12.7 Å². The second kappa shape index (κ2) is 5.91. The Kier molecular flexibility index (Phi) is 4.82. The van der Waals surface area contributed by atoms with Gasteiger partial charge in [0.1, 0.15) is 0 Å². The van der Waals surface area contributed by atoms with E-state index in [1.165, 1.54) is 11.4 Å². The third-order valence-electron chi connectivity index (χ3n) is 2.69. The van der Waals surface area contributed by atoms with Crippen LogP contribution in [-0.2, 0) is 19.9 Å². The summed E-state index contributed by atoms with van der Waals surface area (Å²) in [6.45, 7) is 8.71. The molecule has 0 fully saturated rings.